The van der Waals surface area contributed by atoms with Crippen molar-refractivity contribution in [3.63, 3.8) is 0 Å². The van der Waals surface area contributed by atoms with Gasteiger partial charge in [0.25, 0.3) is 5.91 Å². The van der Waals surface area contributed by atoms with Crippen LogP contribution in [-0.2, 0) is 17.6 Å². The van der Waals surface area contributed by atoms with Crippen molar-refractivity contribution >= 4 is 22.7 Å². The summed E-state index contributed by atoms with van der Waals surface area (Å²) >= 11 is 0. The van der Waals surface area contributed by atoms with Crippen molar-refractivity contribution < 1.29 is 18.7 Å². The smallest absolute Gasteiger partial charge is 0.270 e. The second-order valence-electron chi connectivity index (χ2n) is 10.6. The molecule has 2 aliphatic heterocycles. The SMILES string of the molecule is CCc1c(C(=O)N2CCC3(CCCCc4ccccc4OC[C@@H](C)NC3=O)CC2)[nH]c2ccc(F)cc12. The molecule has 3 heterocycles. The number of likely N-dealkylation sites (tertiary alicyclic amines) is 1. The Labute approximate surface area is 217 Å². The molecule has 2 aliphatic rings. The first-order valence-electron chi connectivity index (χ1n) is 13.5. The predicted molar refractivity (Wildman–Crippen MR) is 142 cm³/mol. The van der Waals surface area contributed by atoms with Crippen LogP contribution in [0.5, 0.6) is 5.75 Å². The molecule has 6 nitrogen and oxygen atoms in total. The first-order valence-corrected chi connectivity index (χ1v) is 13.5. The Morgan fingerprint density at radius 2 is 1.92 bits per heavy atom. The maximum atomic E-state index is 13.9. The molecule has 5 rings (SSSR count). The Morgan fingerprint density at radius 3 is 2.70 bits per heavy atom. The lowest BCUT2D eigenvalue weighted by Crippen LogP contribution is -2.52. The van der Waals surface area contributed by atoms with Crippen LogP contribution in [0.3, 0.4) is 0 Å². The number of hydrogen-bond acceptors (Lipinski definition) is 3. The monoisotopic (exact) mass is 505 g/mol. The minimum Gasteiger partial charge on any atom is -0.491 e. The largest absolute Gasteiger partial charge is 0.491 e. The highest BCUT2D eigenvalue weighted by Crippen LogP contribution is 2.38. The summed E-state index contributed by atoms with van der Waals surface area (Å²) in [4.78, 5) is 32.2. The van der Waals surface area contributed by atoms with Crippen LogP contribution in [0.1, 0.15) is 67.6 Å². The molecule has 7 heteroatoms. The molecule has 2 aromatic carbocycles. The fourth-order valence-electron chi connectivity index (χ4n) is 5.92. The molecule has 2 amide bonds. The predicted octanol–water partition coefficient (Wildman–Crippen LogP) is 5.40. The van der Waals surface area contributed by atoms with Crippen LogP contribution in [-0.4, -0.2) is 47.4 Å². The van der Waals surface area contributed by atoms with E-state index in [1.165, 1.54) is 17.7 Å². The third kappa shape index (κ3) is 5.09. The molecule has 1 atom stereocenters. The quantitative estimate of drug-likeness (QED) is 0.490. The van der Waals surface area contributed by atoms with Gasteiger partial charge in [-0.1, -0.05) is 31.5 Å². The molecule has 196 valence electrons. The Balaban J connectivity index is 1.31. The normalized spacial score (nSPS) is 20.5. The number of aromatic nitrogens is 1. The zero-order chi connectivity index (χ0) is 26.0. The van der Waals surface area contributed by atoms with Gasteiger partial charge < -0.3 is 19.9 Å². The van der Waals surface area contributed by atoms with Crippen LogP contribution in [0.4, 0.5) is 4.39 Å². The van der Waals surface area contributed by atoms with Gasteiger partial charge in [-0.25, -0.2) is 4.39 Å². The number of nitrogens with one attached hydrogen (secondary N) is 2. The molecule has 3 aromatic rings. The minimum atomic E-state index is -0.485. The number of H-pyrrole nitrogens is 1. The standard InChI is InChI=1S/C30H36FN3O3/c1-3-23-24-18-22(31)11-12-25(24)33-27(23)28(35)34-16-14-30(15-17-34)13-7-6-9-21-8-4-5-10-26(21)37-19-20(2)32-29(30)36/h4-5,8,10-12,18,20,33H,3,6-7,9,13-17,19H2,1-2H3,(H,32,36)/t20-/m1/s1. The molecule has 1 aromatic heterocycles. The van der Waals surface area contributed by atoms with E-state index in [2.05, 4.69) is 16.4 Å². The van der Waals surface area contributed by atoms with E-state index in [9.17, 15) is 14.0 Å². The molecule has 37 heavy (non-hydrogen) atoms. The molecule has 0 aliphatic carbocycles. The van der Waals surface area contributed by atoms with Gasteiger partial charge >= 0.3 is 0 Å². The van der Waals surface area contributed by atoms with Gasteiger partial charge in [-0.15, -0.1) is 0 Å². The molecule has 2 N–H and O–H groups in total. The van der Waals surface area contributed by atoms with Crippen molar-refractivity contribution in [2.24, 2.45) is 5.41 Å². The minimum absolute atomic E-state index is 0.0693. The summed E-state index contributed by atoms with van der Waals surface area (Å²) in [5, 5.41) is 3.96. The van der Waals surface area contributed by atoms with Gasteiger partial charge in [-0.05, 0) is 80.8 Å². The van der Waals surface area contributed by atoms with E-state index in [4.69, 9.17) is 4.74 Å². The summed E-state index contributed by atoms with van der Waals surface area (Å²) in [5.41, 5.74) is 2.87. The molecule has 0 radical (unpaired) electrons. The zero-order valence-electron chi connectivity index (χ0n) is 21.7. The summed E-state index contributed by atoms with van der Waals surface area (Å²) in [6.45, 7) is 5.42. The number of fused-ring (bicyclic) bond motifs is 2. The molecule has 1 fully saturated rings. The zero-order valence-corrected chi connectivity index (χ0v) is 21.7. The highest BCUT2D eigenvalue weighted by molar-refractivity contribution is 6.01. The van der Waals surface area contributed by atoms with Crippen LogP contribution in [0, 0.1) is 11.2 Å². The maximum absolute atomic E-state index is 13.9. The van der Waals surface area contributed by atoms with Crippen molar-refractivity contribution in [3.05, 3.63) is 65.1 Å². The topological polar surface area (TPSA) is 74.4 Å². The van der Waals surface area contributed by atoms with Crippen LogP contribution in [0.15, 0.2) is 42.5 Å². The number of ether oxygens (including phenoxy) is 1. The summed E-state index contributed by atoms with van der Waals surface area (Å²) in [5.74, 6) is 0.587. The van der Waals surface area contributed by atoms with Crippen molar-refractivity contribution in [2.75, 3.05) is 19.7 Å². The van der Waals surface area contributed by atoms with Gasteiger partial charge in [0, 0.05) is 24.0 Å². The number of rotatable bonds is 2. The van der Waals surface area contributed by atoms with Gasteiger partial charge in [0.1, 0.15) is 23.9 Å². The Morgan fingerprint density at radius 1 is 1.14 bits per heavy atom. The van der Waals surface area contributed by atoms with Gasteiger partial charge in [-0.2, -0.15) is 0 Å². The van der Waals surface area contributed by atoms with Crippen LogP contribution >= 0.6 is 0 Å². The first kappa shape index (κ1) is 25.3. The summed E-state index contributed by atoms with van der Waals surface area (Å²) in [6, 6.07) is 12.6. The number of carbonyl (C=O) groups is 2. The van der Waals surface area contributed by atoms with E-state index in [1.807, 2.05) is 36.9 Å². The Bertz CT molecular complexity index is 1290. The number of benzene rings is 2. The van der Waals surface area contributed by atoms with E-state index in [1.54, 1.807) is 6.07 Å². The van der Waals surface area contributed by atoms with Gasteiger partial charge in [0.2, 0.25) is 5.91 Å². The number of aryl methyl sites for hydroxylation is 2. The second-order valence-corrected chi connectivity index (χ2v) is 10.6. The number of para-hydroxylation sites is 1. The lowest BCUT2D eigenvalue weighted by Gasteiger charge is -2.41. The third-order valence-corrected chi connectivity index (χ3v) is 8.12. The van der Waals surface area contributed by atoms with Gasteiger partial charge in [-0.3, -0.25) is 9.59 Å². The van der Waals surface area contributed by atoms with Crippen LogP contribution in [0.2, 0.25) is 0 Å². The molecular weight excluding hydrogens is 469 g/mol. The highest BCUT2D eigenvalue weighted by atomic mass is 19.1. The molecule has 0 saturated carbocycles. The summed E-state index contributed by atoms with van der Waals surface area (Å²) < 4.78 is 19.9. The van der Waals surface area contributed by atoms with E-state index < -0.39 is 5.41 Å². The van der Waals surface area contributed by atoms with E-state index in [-0.39, 0.29) is 23.7 Å². The number of amides is 2. The van der Waals surface area contributed by atoms with Gasteiger partial charge in [0.05, 0.1) is 11.5 Å². The second kappa shape index (κ2) is 10.6. The Hall–Kier alpha value is -3.35. The number of halogens is 1. The van der Waals surface area contributed by atoms with E-state index >= 15 is 0 Å². The lowest BCUT2D eigenvalue weighted by atomic mass is 9.73. The van der Waals surface area contributed by atoms with Crippen molar-refractivity contribution in [3.8, 4) is 5.75 Å². The fourth-order valence-corrected chi connectivity index (χ4v) is 5.92. The van der Waals surface area contributed by atoms with Crippen LogP contribution < -0.4 is 10.1 Å². The number of hydrogen-bond donors (Lipinski definition) is 2. The molecule has 1 saturated heterocycles. The molecular formula is C30H36FN3O3. The van der Waals surface area contributed by atoms with E-state index in [0.717, 1.165) is 47.9 Å². The molecule has 0 unspecified atom stereocenters. The lowest BCUT2D eigenvalue weighted by molar-refractivity contribution is -0.135. The average molecular weight is 506 g/mol. The third-order valence-electron chi connectivity index (χ3n) is 8.12. The number of carbonyl (C=O) groups excluding carboxylic acids is 2. The van der Waals surface area contributed by atoms with Gasteiger partial charge in [0.15, 0.2) is 0 Å². The first-order chi connectivity index (χ1) is 17.9. The summed E-state index contributed by atoms with van der Waals surface area (Å²) in [6.07, 6.45) is 5.55. The number of nitrogens with zero attached hydrogens (tertiary/aromatic N) is 1. The summed E-state index contributed by atoms with van der Waals surface area (Å²) in [7, 11) is 0. The fraction of sp³-hybridized carbons (Fsp3) is 0.467. The van der Waals surface area contributed by atoms with E-state index in [0.29, 0.717) is 44.7 Å². The highest BCUT2D eigenvalue weighted by Gasteiger charge is 2.42. The Kier molecular flexibility index (Phi) is 7.22. The van der Waals surface area contributed by atoms with Crippen molar-refractivity contribution in [1.82, 2.24) is 15.2 Å². The maximum Gasteiger partial charge on any atom is 0.270 e. The molecule has 0 bridgehead atoms. The van der Waals surface area contributed by atoms with Crippen LogP contribution in [0.25, 0.3) is 10.9 Å². The molecule has 1 spiro atoms. The number of aromatic amines is 1. The van der Waals surface area contributed by atoms with Crippen molar-refractivity contribution in [2.45, 2.75) is 64.8 Å². The average Bonchev–Trinajstić information content (AvgIpc) is 3.27. The van der Waals surface area contributed by atoms with Crippen molar-refractivity contribution in [1.29, 1.82) is 0 Å². The number of piperidine rings is 1.